The summed E-state index contributed by atoms with van der Waals surface area (Å²) in [5, 5.41) is 2.47. The Kier molecular flexibility index (Phi) is 2.64. The number of hydrogen-bond donors (Lipinski definition) is 0. The van der Waals surface area contributed by atoms with Crippen LogP contribution < -0.4 is 0 Å². The molecule has 2 aliphatic heterocycles. The van der Waals surface area contributed by atoms with Gasteiger partial charge >= 0.3 is 0 Å². The summed E-state index contributed by atoms with van der Waals surface area (Å²) < 4.78 is 2.12. The second-order valence-corrected chi connectivity index (χ2v) is 6.94. The maximum Gasteiger partial charge on any atom is 0.193 e. The molecule has 2 aliphatic rings. The largest absolute Gasteiger partial charge is 0.297 e. The van der Waals surface area contributed by atoms with E-state index in [0.717, 1.165) is 24.3 Å². The zero-order chi connectivity index (χ0) is 12.1. The van der Waals surface area contributed by atoms with Gasteiger partial charge in [0.25, 0.3) is 0 Å². The van der Waals surface area contributed by atoms with Crippen LogP contribution in [0.25, 0.3) is 4.96 Å². The van der Waals surface area contributed by atoms with Crippen molar-refractivity contribution in [1.29, 1.82) is 0 Å². The highest BCUT2D eigenvalue weighted by molar-refractivity contribution is 7.15. The molecule has 0 aromatic carbocycles. The van der Waals surface area contributed by atoms with Crippen LogP contribution in [0.3, 0.4) is 0 Å². The van der Waals surface area contributed by atoms with E-state index in [2.05, 4.69) is 32.1 Å². The Labute approximate surface area is 115 Å². The third-order valence-corrected chi connectivity index (χ3v) is 5.44. The van der Waals surface area contributed by atoms with Gasteiger partial charge in [0.2, 0.25) is 0 Å². The van der Waals surface area contributed by atoms with Crippen molar-refractivity contribution < 1.29 is 0 Å². The van der Waals surface area contributed by atoms with Gasteiger partial charge in [0, 0.05) is 41.8 Å². The van der Waals surface area contributed by atoms with Crippen molar-refractivity contribution in [2.75, 3.05) is 0 Å². The van der Waals surface area contributed by atoms with Crippen molar-refractivity contribution in [3.05, 3.63) is 23.5 Å². The molecule has 4 rings (SSSR count). The Morgan fingerprint density at radius 1 is 1.33 bits per heavy atom. The highest BCUT2D eigenvalue weighted by Crippen LogP contribution is 2.38. The number of aromatic nitrogens is 2. The maximum absolute atomic E-state index is 6.32. The minimum absolute atomic E-state index is 0.393. The molecule has 2 fully saturated rings. The average Bonchev–Trinajstić information content (AvgIpc) is 2.94. The molecular formula is C13H16ClN3S. The van der Waals surface area contributed by atoms with Crippen molar-refractivity contribution in [2.45, 2.75) is 49.7 Å². The van der Waals surface area contributed by atoms with Crippen LogP contribution in [0.5, 0.6) is 0 Å². The van der Waals surface area contributed by atoms with Gasteiger partial charge in [-0.3, -0.25) is 9.30 Å². The summed E-state index contributed by atoms with van der Waals surface area (Å²) in [7, 11) is 0. The SMILES string of the molecule is ClC1CC2CCC(C1)N2Cc1cn2ccsc2n1. The Bertz CT molecular complexity index is 521. The standard InChI is InChI=1S/C13H16ClN3S/c14-9-5-11-1-2-12(6-9)17(11)8-10-7-16-3-4-18-13(16)15-10/h3-4,7,9,11-12H,1-2,5-6,8H2. The molecule has 3 nitrogen and oxygen atoms in total. The second-order valence-electron chi connectivity index (χ2n) is 5.45. The number of rotatable bonds is 2. The van der Waals surface area contributed by atoms with Gasteiger partial charge in [-0.15, -0.1) is 22.9 Å². The third kappa shape index (κ3) is 1.78. The average molecular weight is 282 g/mol. The monoisotopic (exact) mass is 281 g/mol. The number of halogens is 1. The normalized spacial score (nSPS) is 32.4. The summed E-state index contributed by atoms with van der Waals surface area (Å²) in [6, 6.07) is 1.37. The number of fused-ring (bicyclic) bond motifs is 3. The molecule has 0 aliphatic carbocycles. The van der Waals surface area contributed by atoms with E-state index in [4.69, 9.17) is 11.6 Å². The van der Waals surface area contributed by atoms with Crippen molar-refractivity contribution in [1.82, 2.24) is 14.3 Å². The van der Waals surface area contributed by atoms with Crippen LogP contribution in [0.15, 0.2) is 17.8 Å². The minimum Gasteiger partial charge on any atom is -0.297 e. The molecule has 0 spiro atoms. The van der Waals surface area contributed by atoms with Gasteiger partial charge in [0.1, 0.15) is 0 Å². The zero-order valence-electron chi connectivity index (χ0n) is 10.1. The fourth-order valence-corrected chi connectivity index (χ4v) is 4.64. The molecule has 5 heteroatoms. The lowest BCUT2D eigenvalue weighted by Gasteiger charge is -2.36. The number of piperidine rings is 1. The summed E-state index contributed by atoms with van der Waals surface area (Å²) in [5.74, 6) is 0. The molecule has 2 atom stereocenters. The molecular weight excluding hydrogens is 266 g/mol. The number of imidazole rings is 1. The highest BCUT2D eigenvalue weighted by Gasteiger charge is 2.40. The Balaban J connectivity index is 1.56. The van der Waals surface area contributed by atoms with Crippen molar-refractivity contribution >= 4 is 27.9 Å². The third-order valence-electron chi connectivity index (χ3n) is 4.31. The number of hydrogen-bond acceptors (Lipinski definition) is 3. The van der Waals surface area contributed by atoms with Crippen LogP contribution >= 0.6 is 22.9 Å². The molecule has 0 N–H and O–H groups in total. The first-order valence-corrected chi connectivity index (χ1v) is 7.92. The molecule has 4 heterocycles. The summed E-state index contributed by atoms with van der Waals surface area (Å²) in [5.41, 5.74) is 1.20. The predicted octanol–water partition coefficient (Wildman–Crippen LogP) is 3.13. The lowest BCUT2D eigenvalue weighted by molar-refractivity contribution is 0.133. The molecule has 2 unspecified atom stereocenters. The van der Waals surface area contributed by atoms with Gasteiger partial charge in [0.05, 0.1) is 5.69 Å². The minimum atomic E-state index is 0.393. The van der Waals surface area contributed by atoms with Crippen molar-refractivity contribution in [3.8, 4) is 0 Å². The van der Waals surface area contributed by atoms with Crippen LogP contribution in [0.1, 0.15) is 31.4 Å². The number of thiazole rings is 1. The van der Waals surface area contributed by atoms with Gasteiger partial charge in [-0.2, -0.15) is 0 Å². The van der Waals surface area contributed by atoms with Crippen LogP contribution in [0.2, 0.25) is 0 Å². The van der Waals surface area contributed by atoms with Gasteiger partial charge in [-0.1, -0.05) is 0 Å². The molecule has 2 aromatic heterocycles. The lowest BCUT2D eigenvalue weighted by Crippen LogP contribution is -2.42. The predicted molar refractivity (Wildman–Crippen MR) is 74.3 cm³/mol. The molecule has 0 amide bonds. The summed E-state index contributed by atoms with van der Waals surface area (Å²) in [6.07, 6.45) is 9.18. The zero-order valence-corrected chi connectivity index (χ0v) is 11.7. The van der Waals surface area contributed by atoms with Crippen LogP contribution in [-0.4, -0.2) is 31.7 Å². The molecule has 2 bridgehead atoms. The first-order valence-electron chi connectivity index (χ1n) is 6.60. The van der Waals surface area contributed by atoms with Gasteiger partial charge in [0.15, 0.2) is 4.96 Å². The Morgan fingerprint density at radius 3 is 2.83 bits per heavy atom. The Morgan fingerprint density at radius 2 is 2.11 bits per heavy atom. The molecule has 18 heavy (non-hydrogen) atoms. The van der Waals surface area contributed by atoms with E-state index in [1.807, 2.05) is 0 Å². The van der Waals surface area contributed by atoms with E-state index in [9.17, 15) is 0 Å². The first kappa shape index (κ1) is 11.3. The van der Waals surface area contributed by atoms with Crippen molar-refractivity contribution in [3.63, 3.8) is 0 Å². The molecule has 2 saturated heterocycles. The topological polar surface area (TPSA) is 20.5 Å². The van der Waals surface area contributed by atoms with E-state index in [-0.39, 0.29) is 0 Å². The van der Waals surface area contributed by atoms with E-state index in [0.29, 0.717) is 17.5 Å². The van der Waals surface area contributed by atoms with Gasteiger partial charge < -0.3 is 0 Å². The van der Waals surface area contributed by atoms with Gasteiger partial charge in [-0.25, -0.2) is 4.98 Å². The van der Waals surface area contributed by atoms with E-state index in [1.54, 1.807) is 11.3 Å². The maximum atomic E-state index is 6.32. The Hall–Kier alpha value is -0.580. The van der Waals surface area contributed by atoms with E-state index < -0.39 is 0 Å². The van der Waals surface area contributed by atoms with Crippen LogP contribution in [0.4, 0.5) is 0 Å². The lowest BCUT2D eigenvalue weighted by atomic mass is 10.0. The smallest absolute Gasteiger partial charge is 0.193 e. The van der Waals surface area contributed by atoms with Crippen molar-refractivity contribution in [2.24, 2.45) is 0 Å². The molecule has 96 valence electrons. The highest BCUT2D eigenvalue weighted by atomic mass is 35.5. The summed E-state index contributed by atoms with van der Waals surface area (Å²) in [4.78, 5) is 8.42. The number of alkyl halides is 1. The van der Waals surface area contributed by atoms with E-state index in [1.165, 1.54) is 18.5 Å². The second kappa shape index (κ2) is 4.22. The number of nitrogens with zero attached hydrogens (tertiary/aromatic N) is 3. The quantitative estimate of drug-likeness (QED) is 0.789. The van der Waals surface area contributed by atoms with Crippen LogP contribution in [-0.2, 0) is 6.54 Å². The van der Waals surface area contributed by atoms with Crippen LogP contribution in [0, 0.1) is 0 Å². The van der Waals surface area contributed by atoms with Gasteiger partial charge in [-0.05, 0) is 25.7 Å². The van der Waals surface area contributed by atoms with E-state index >= 15 is 0 Å². The molecule has 0 radical (unpaired) electrons. The molecule has 2 aromatic rings. The fourth-order valence-electron chi connectivity index (χ4n) is 3.51. The first-order chi connectivity index (χ1) is 8.79. The summed E-state index contributed by atoms with van der Waals surface area (Å²) in [6.45, 7) is 0.993. The fraction of sp³-hybridized carbons (Fsp3) is 0.615. The molecule has 0 saturated carbocycles. The summed E-state index contributed by atoms with van der Waals surface area (Å²) >= 11 is 8.02.